The summed E-state index contributed by atoms with van der Waals surface area (Å²) in [4.78, 5) is 17.2. The van der Waals surface area contributed by atoms with Crippen molar-refractivity contribution in [2.45, 2.75) is 33.3 Å². The number of benzene rings is 2. The fourth-order valence-electron chi connectivity index (χ4n) is 3.50. The largest absolute Gasteiger partial charge is 0.481 e. The first-order chi connectivity index (χ1) is 12.6. The number of carbonyl (C=O) groups is 1. The smallest absolute Gasteiger partial charge is 0.263 e. The average molecular weight is 352 g/mol. The van der Waals surface area contributed by atoms with Gasteiger partial charge in [-0.3, -0.25) is 4.79 Å². The van der Waals surface area contributed by atoms with Crippen LogP contribution in [-0.2, 0) is 4.79 Å². The predicted octanol–water partition coefficient (Wildman–Crippen LogP) is 3.81. The molecule has 26 heavy (non-hydrogen) atoms. The lowest BCUT2D eigenvalue weighted by atomic mass is 10.1. The number of hydrogen-bond donors (Lipinski definition) is 0. The number of rotatable bonds is 5. The van der Waals surface area contributed by atoms with Crippen LogP contribution in [0, 0.1) is 13.8 Å². The van der Waals surface area contributed by atoms with E-state index in [1.165, 1.54) is 5.69 Å². The van der Waals surface area contributed by atoms with Gasteiger partial charge in [-0.1, -0.05) is 31.2 Å². The minimum Gasteiger partial charge on any atom is -0.481 e. The maximum Gasteiger partial charge on any atom is 0.263 e. The Morgan fingerprint density at radius 2 is 1.62 bits per heavy atom. The van der Waals surface area contributed by atoms with Crippen molar-refractivity contribution in [1.29, 1.82) is 0 Å². The van der Waals surface area contributed by atoms with Crippen molar-refractivity contribution in [2.24, 2.45) is 0 Å². The minimum atomic E-state index is -0.417. The number of hydrogen-bond acceptors (Lipinski definition) is 3. The van der Waals surface area contributed by atoms with Crippen molar-refractivity contribution < 1.29 is 9.53 Å². The zero-order chi connectivity index (χ0) is 18.5. The fourth-order valence-corrected chi connectivity index (χ4v) is 3.50. The summed E-state index contributed by atoms with van der Waals surface area (Å²) in [6, 6.07) is 16.5. The SMILES string of the molecule is CC[C@@H](Oc1cc(C)cc(C)c1)C(=O)N1CCN(c2ccccc2)CC1. The molecule has 0 saturated carbocycles. The lowest BCUT2D eigenvalue weighted by Crippen LogP contribution is -2.52. The van der Waals surface area contributed by atoms with Crippen molar-refractivity contribution in [1.82, 2.24) is 4.90 Å². The monoisotopic (exact) mass is 352 g/mol. The highest BCUT2D eigenvalue weighted by atomic mass is 16.5. The molecular weight excluding hydrogens is 324 g/mol. The molecule has 1 atom stereocenters. The maximum absolute atomic E-state index is 12.9. The molecule has 3 rings (SSSR count). The van der Waals surface area contributed by atoms with Gasteiger partial charge in [0.2, 0.25) is 0 Å². The van der Waals surface area contributed by atoms with E-state index in [1.54, 1.807) is 0 Å². The van der Waals surface area contributed by atoms with Crippen molar-refractivity contribution in [3.63, 3.8) is 0 Å². The molecule has 0 aliphatic carbocycles. The molecule has 4 heteroatoms. The van der Waals surface area contributed by atoms with E-state index in [9.17, 15) is 4.79 Å². The molecule has 0 bridgehead atoms. The van der Waals surface area contributed by atoms with E-state index in [-0.39, 0.29) is 5.91 Å². The van der Waals surface area contributed by atoms with E-state index in [1.807, 2.05) is 43.9 Å². The molecule has 0 unspecified atom stereocenters. The zero-order valence-electron chi connectivity index (χ0n) is 15.9. The number of anilines is 1. The molecule has 2 aromatic carbocycles. The maximum atomic E-state index is 12.9. The van der Waals surface area contributed by atoms with Gasteiger partial charge in [-0.25, -0.2) is 0 Å². The van der Waals surface area contributed by atoms with Gasteiger partial charge in [0.15, 0.2) is 6.10 Å². The molecule has 2 aromatic rings. The van der Waals surface area contributed by atoms with Crippen LogP contribution in [0.5, 0.6) is 5.75 Å². The molecule has 0 aromatic heterocycles. The highest BCUT2D eigenvalue weighted by molar-refractivity contribution is 5.81. The standard InChI is InChI=1S/C22H28N2O2/c1-4-21(26-20-15-17(2)14-18(3)16-20)22(25)24-12-10-23(11-13-24)19-8-6-5-7-9-19/h5-9,14-16,21H,4,10-13H2,1-3H3/t21-/m1/s1. The molecule has 1 aliphatic heterocycles. The summed E-state index contributed by atoms with van der Waals surface area (Å²) in [5, 5.41) is 0. The van der Waals surface area contributed by atoms with E-state index >= 15 is 0 Å². The number of carbonyl (C=O) groups excluding carboxylic acids is 1. The van der Waals surface area contributed by atoms with Gasteiger partial charge in [0.05, 0.1) is 0 Å². The van der Waals surface area contributed by atoms with Crippen LogP contribution in [0.3, 0.4) is 0 Å². The second-order valence-electron chi connectivity index (χ2n) is 6.99. The summed E-state index contributed by atoms with van der Waals surface area (Å²) >= 11 is 0. The third-order valence-electron chi connectivity index (χ3n) is 4.83. The number of para-hydroxylation sites is 1. The molecule has 138 valence electrons. The Bertz CT molecular complexity index is 717. The lowest BCUT2D eigenvalue weighted by Gasteiger charge is -2.37. The van der Waals surface area contributed by atoms with Crippen LogP contribution < -0.4 is 9.64 Å². The van der Waals surface area contributed by atoms with Gasteiger partial charge in [-0.2, -0.15) is 0 Å². The van der Waals surface area contributed by atoms with Gasteiger partial charge in [0, 0.05) is 31.9 Å². The van der Waals surface area contributed by atoms with Crippen LogP contribution in [0.1, 0.15) is 24.5 Å². The van der Waals surface area contributed by atoms with Crippen molar-refractivity contribution in [3.05, 3.63) is 59.7 Å². The zero-order valence-corrected chi connectivity index (χ0v) is 15.9. The Morgan fingerprint density at radius 1 is 1.00 bits per heavy atom. The van der Waals surface area contributed by atoms with Crippen molar-refractivity contribution in [2.75, 3.05) is 31.1 Å². The van der Waals surface area contributed by atoms with Crippen molar-refractivity contribution in [3.8, 4) is 5.75 Å². The second kappa shape index (κ2) is 8.26. The van der Waals surface area contributed by atoms with Gasteiger partial charge in [-0.15, -0.1) is 0 Å². The first-order valence-corrected chi connectivity index (χ1v) is 9.40. The molecule has 0 spiro atoms. The van der Waals surface area contributed by atoms with E-state index in [4.69, 9.17) is 4.74 Å². The Balaban J connectivity index is 1.61. The topological polar surface area (TPSA) is 32.8 Å². The van der Waals surface area contributed by atoms with E-state index in [0.29, 0.717) is 6.42 Å². The van der Waals surface area contributed by atoms with Gasteiger partial charge in [-0.05, 0) is 55.7 Å². The predicted molar refractivity (Wildman–Crippen MR) is 106 cm³/mol. The molecule has 0 N–H and O–H groups in total. The number of nitrogens with zero attached hydrogens (tertiary/aromatic N) is 2. The third-order valence-corrected chi connectivity index (χ3v) is 4.83. The van der Waals surface area contributed by atoms with Crippen LogP contribution in [-0.4, -0.2) is 43.1 Å². The first kappa shape index (κ1) is 18.3. The van der Waals surface area contributed by atoms with Gasteiger partial charge >= 0.3 is 0 Å². The summed E-state index contributed by atoms with van der Waals surface area (Å²) < 4.78 is 6.05. The molecule has 0 radical (unpaired) electrons. The highest BCUT2D eigenvalue weighted by Gasteiger charge is 2.28. The number of aryl methyl sites for hydroxylation is 2. The molecular formula is C22H28N2O2. The van der Waals surface area contributed by atoms with Crippen molar-refractivity contribution >= 4 is 11.6 Å². The summed E-state index contributed by atoms with van der Waals surface area (Å²) in [5.74, 6) is 0.880. The summed E-state index contributed by atoms with van der Waals surface area (Å²) in [6.07, 6.45) is 0.254. The van der Waals surface area contributed by atoms with Crippen LogP contribution in [0.15, 0.2) is 48.5 Å². The average Bonchev–Trinajstić information content (AvgIpc) is 2.65. The Morgan fingerprint density at radius 3 is 2.19 bits per heavy atom. The van der Waals surface area contributed by atoms with Gasteiger partial charge < -0.3 is 14.5 Å². The Labute approximate surface area is 156 Å². The minimum absolute atomic E-state index is 0.0966. The molecule has 1 heterocycles. The number of piperazine rings is 1. The van der Waals surface area contributed by atoms with E-state index in [2.05, 4.69) is 35.2 Å². The highest BCUT2D eigenvalue weighted by Crippen LogP contribution is 2.21. The summed E-state index contributed by atoms with van der Waals surface area (Å²) in [5.41, 5.74) is 3.52. The molecule has 4 nitrogen and oxygen atoms in total. The van der Waals surface area contributed by atoms with Crippen LogP contribution in [0.25, 0.3) is 0 Å². The molecule has 1 aliphatic rings. The second-order valence-corrected chi connectivity index (χ2v) is 6.99. The quantitative estimate of drug-likeness (QED) is 0.820. The van der Waals surface area contributed by atoms with Crippen LogP contribution in [0.2, 0.25) is 0 Å². The molecule has 1 saturated heterocycles. The molecule has 1 amide bonds. The third kappa shape index (κ3) is 4.37. The Hall–Kier alpha value is -2.49. The first-order valence-electron chi connectivity index (χ1n) is 9.40. The molecule has 1 fully saturated rings. The Kier molecular flexibility index (Phi) is 5.82. The van der Waals surface area contributed by atoms with Crippen LogP contribution in [0.4, 0.5) is 5.69 Å². The summed E-state index contributed by atoms with van der Waals surface area (Å²) in [6.45, 7) is 9.29. The van der Waals surface area contributed by atoms with Gasteiger partial charge in [0.1, 0.15) is 5.75 Å². The fraction of sp³-hybridized carbons (Fsp3) is 0.409. The normalized spacial score (nSPS) is 15.7. The van der Waals surface area contributed by atoms with Crippen LogP contribution >= 0.6 is 0 Å². The summed E-state index contributed by atoms with van der Waals surface area (Å²) in [7, 11) is 0. The number of ether oxygens (including phenoxy) is 1. The van der Waals surface area contributed by atoms with E-state index < -0.39 is 6.10 Å². The lowest BCUT2D eigenvalue weighted by molar-refractivity contribution is -0.139. The number of amides is 1. The van der Waals surface area contributed by atoms with E-state index in [0.717, 1.165) is 43.1 Å². The van der Waals surface area contributed by atoms with Gasteiger partial charge in [0.25, 0.3) is 5.91 Å².